The zero-order valence-corrected chi connectivity index (χ0v) is 19.2. The zero-order valence-electron chi connectivity index (χ0n) is 19.2. The first kappa shape index (κ1) is 21.9. The van der Waals surface area contributed by atoms with Crippen LogP contribution in [-0.2, 0) is 17.9 Å². The molecule has 1 saturated carbocycles. The van der Waals surface area contributed by atoms with Crippen LogP contribution in [0.5, 0.6) is 5.75 Å². The van der Waals surface area contributed by atoms with Crippen LogP contribution in [0, 0.1) is 0 Å². The van der Waals surface area contributed by atoms with E-state index in [4.69, 9.17) is 4.74 Å². The maximum atomic E-state index is 13.6. The van der Waals surface area contributed by atoms with Gasteiger partial charge in [-0.2, -0.15) is 0 Å². The van der Waals surface area contributed by atoms with E-state index in [0.717, 1.165) is 43.7 Å². The van der Waals surface area contributed by atoms with Crippen molar-refractivity contribution in [3.05, 3.63) is 65.7 Å². The third kappa shape index (κ3) is 4.61. The van der Waals surface area contributed by atoms with Crippen LogP contribution in [0.1, 0.15) is 36.8 Å². The number of piperidine rings is 1. The summed E-state index contributed by atoms with van der Waals surface area (Å²) in [6, 6.07) is 18.4. The fourth-order valence-electron chi connectivity index (χ4n) is 5.17. The number of imide groups is 1. The highest BCUT2D eigenvalue weighted by atomic mass is 16.5. The summed E-state index contributed by atoms with van der Waals surface area (Å²) in [5, 5.41) is 3.08. The van der Waals surface area contributed by atoms with Crippen LogP contribution in [0.4, 0.5) is 4.79 Å². The molecule has 1 atom stereocenters. The highest BCUT2D eigenvalue weighted by Crippen LogP contribution is 2.33. The third-order valence-corrected chi connectivity index (χ3v) is 7.02. The van der Waals surface area contributed by atoms with Gasteiger partial charge in [0.2, 0.25) is 0 Å². The van der Waals surface area contributed by atoms with Crippen molar-refractivity contribution < 1.29 is 14.3 Å². The SMILES string of the molecule is COc1ccccc1CN(CN1C(=O)NC2(CCCN(Cc3ccccc3)C2)C1=O)C1CC1. The topological polar surface area (TPSA) is 65.1 Å². The standard InChI is InChI=1S/C26H32N4O3/c1-33-23-11-6-5-10-21(23)17-29(22-12-13-22)19-30-24(31)26(27-25(30)32)14-7-15-28(18-26)16-20-8-3-2-4-9-20/h2-6,8-11,22H,7,12-19H2,1H3,(H,27,32). The molecule has 3 aliphatic rings. The number of nitrogens with one attached hydrogen (secondary N) is 1. The van der Waals surface area contributed by atoms with E-state index in [-0.39, 0.29) is 11.9 Å². The molecule has 2 heterocycles. The lowest BCUT2D eigenvalue weighted by atomic mass is 9.88. The van der Waals surface area contributed by atoms with Gasteiger partial charge in [0.25, 0.3) is 5.91 Å². The Balaban J connectivity index is 1.29. The minimum absolute atomic E-state index is 0.0871. The molecule has 1 unspecified atom stereocenters. The molecular weight excluding hydrogens is 416 g/mol. The maximum absolute atomic E-state index is 13.6. The van der Waals surface area contributed by atoms with Crippen LogP contribution in [-0.4, -0.2) is 65.1 Å². The second kappa shape index (κ2) is 9.15. The van der Waals surface area contributed by atoms with Gasteiger partial charge in [-0.25, -0.2) is 9.69 Å². The summed E-state index contributed by atoms with van der Waals surface area (Å²) in [4.78, 5) is 32.6. The Morgan fingerprint density at radius 3 is 2.61 bits per heavy atom. The largest absolute Gasteiger partial charge is 0.496 e. The summed E-state index contributed by atoms with van der Waals surface area (Å²) in [6.07, 6.45) is 3.76. The Bertz CT molecular complexity index is 1010. The van der Waals surface area contributed by atoms with E-state index in [1.165, 1.54) is 10.5 Å². The summed E-state index contributed by atoms with van der Waals surface area (Å²) in [6.45, 7) is 3.24. The molecule has 5 rings (SSSR count). The van der Waals surface area contributed by atoms with E-state index < -0.39 is 5.54 Å². The molecule has 3 amide bonds. The highest BCUT2D eigenvalue weighted by Gasteiger charge is 2.53. The molecule has 174 valence electrons. The number of nitrogens with zero attached hydrogens (tertiary/aromatic N) is 3. The second-order valence-corrected chi connectivity index (χ2v) is 9.48. The van der Waals surface area contributed by atoms with Crippen molar-refractivity contribution in [2.24, 2.45) is 0 Å². The monoisotopic (exact) mass is 448 g/mol. The van der Waals surface area contributed by atoms with Crippen LogP contribution in [0.15, 0.2) is 54.6 Å². The number of hydrogen-bond acceptors (Lipinski definition) is 5. The van der Waals surface area contributed by atoms with Gasteiger partial charge in [0.1, 0.15) is 11.3 Å². The predicted octanol–water partition coefficient (Wildman–Crippen LogP) is 3.20. The molecule has 2 aromatic carbocycles. The van der Waals surface area contributed by atoms with Crippen LogP contribution in [0.2, 0.25) is 0 Å². The van der Waals surface area contributed by atoms with Gasteiger partial charge >= 0.3 is 6.03 Å². The van der Waals surface area contributed by atoms with Crippen LogP contribution >= 0.6 is 0 Å². The number of carbonyl (C=O) groups excluding carboxylic acids is 2. The molecule has 2 saturated heterocycles. The average molecular weight is 449 g/mol. The van der Waals surface area contributed by atoms with Gasteiger partial charge in [-0.05, 0) is 43.9 Å². The van der Waals surface area contributed by atoms with Crippen molar-refractivity contribution >= 4 is 11.9 Å². The van der Waals surface area contributed by atoms with Crippen LogP contribution < -0.4 is 10.1 Å². The van der Waals surface area contributed by atoms with E-state index >= 15 is 0 Å². The Labute approximate surface area is 195 Å². The van der Waals surface area contributed by atoms with E-state index in [1.807, 2.05) is 42.5 Å². The fourth-order valence-corrected chi connectivity index (χ4v) is 5.17. The Hall–Kier alpha value is -2.90. The number of hydrogen-bond donors (Lipinski definition) is 1. The van der Waals surface area contributed by atoms with E-state index in [0.29, 0.717) is 32.2 Å². The predicted molar refractivity (Wildman–Crippen MR) is 125 cm³/mol. The van der Waals surface area contributed by atoms with E-state index in [2.05, 4.69) is 27.2 Å². The van der Waals surface area contributed by atoms with Crippen LogP contribution in [0.25, 0.3) is 0 Å². The Morgan fingerprint density at radius 2 is 1.85 bits per heavy atom. The average Bonchev–Trinajstić information content (AvgIpc) is 3.65. The highest BCUT2D eigenvalue weighted by molar-refractivity contribution is 6.07. The number of carbonyl (C=O) groups is 2. The maximum Gasteiger partial charge on any atom is 0.326 e. The number of amides is 3. The smallest absolute Gasteiger partial charge is 0.326 e. The van der Waals surface area contributed by atoms with E-state index in [9.17, 15) is 9.59 Å². The Kier molecular flexibility index (Phi) is 6.08. The van der Waals surface area contributed by atoms with Crippen molar-refractivity contribution in [1.82, 2.24) is 20.0 Å². The normalized spacial score (nSPS) is 23.4. The van der Waals surface area contributed by atoms with Gasteiger partial charge in [-0.3, -0.25) is 14.6 Å². The lowest BCUT2D eigenvalue weighted by molar-refractivity contribution is -0.135. The number of methoxy groups -OCH3 is 1. The van der Waals surface area contributed by atoms with Gasteiger partial charge in [0.15, 0.2) is 0 Å². The van der Waals surface area contributed by atoms with Crippen molar-refractivity contribution in [1.29, 1.82) is 0 Å². The van der Waals surface area contributed by atoms with Gasteiger partial charge in [-0.15, -0.1) is 0 Å². The summed E-state index contributed by atoms with van der Waals surface area (Å²) in [5.74, 6) is 0.747. The lowest BCUT2D eigenvalue weighted by Crippen LogP contribution is -2.58. The molecular formula is C26H32N4O3. The molecule has 1 aliphatic carbocycles. The first-order chi connectivity index (χ1) is 16.1. The summed E-state index contributed by atoms with van der Waals surface area (Å²) in [7, 11) is 1.67. The van der Waals surface area contributed by atoms with Crippen molar-refractivity contribution in [2.75, 3.05) is 26.9 Å². The Morgan fingerprint density at radius 1 is 1.09 bits per heavy atom. The third-order valence-electron chi connectivity index (χ3n) is 7.02. The molecule has 1 spiro atoms. The number of para-hydroxylation sites is 1. The minimum atomic E-state index is -0.816. The molecule has 2 aromatic rings. The first-order valence-electron chi connectivity index (χ1n) is 11.8. The molecule has 1 N–H and O–H groups in total. The number of ether oxygens (including phenoxy) is 1. The number of likely N-dealkylation sites (tertiary alicyclic amines) is 1. The molecule has 33 heavy (non-hydrogen) atoms. The number of urea groups is 1. The molecule has 2 aliphatic heterocycles. The quantitative estimate of drug-likeness (QED) is 0.629. The second-order valence-electron chi connectivity index (χ2n) is 9.48. The molecule has 7 heteroatoms. The molecule has 0 radical (unpaired) electrons. The van der Waals surface area contributed by atoms with Crippen molar-refractivity contribution in [2.45, 2.75) is 50.4 Å². The molecule has 7 nitrogen and oxygen atoms in total. The first-order valence-corrected chi connectivity index (χ1v) is 11.8. The molecule has 3 fully saturated rings. The summed E-state index contributed by atoms with van der Waals surface area (Å²) < 4.78 is 5.52. The fraction of sp³-hybridized carbons (Fsp3) is 0.462. The number of rotatable bonds is 8. The van der Waals surface area contributed by atoms with Crippen molar-refractivity contribution in [3.8, 4) is 5.75 Å². The van der Waals surface area contributed by atoms with Gasteiger partial charge in [0.05, 0.1) is 13.8 Å². The minimum Gasteiger partial charge on any atom is -0.496 e. The zero-order chi connectivity index (χ0) is 22.8. The van der Waals surface area contributed by atoms with Gasteiger partial charge in [0, 0.05) is 31.2 Å². The van der Waals surface area contributed by atoms with Gasteiger partial charge < -0.3 is 10.1 Å². The number of benzene rings is 2. The van der Waals surface area contributed by atoms with Crippen LogP contribution in [0.3, 0.4) is 0 Å². The van der Waals surface area contributed by atoms with E-state index in [1.54, 1.807) is 7.11 Å². The van der Waals surface area contributed by atoms with Gasteiger partial charge in [-0.1, -0.05) is 48.5 Å². The van der Waals surface area contributed by atoms with Crippen molar-refractivity contribution in [3.63, 3.8) is 0 Å². The summed E-state index contributed by atoms with van der Waals surface area (Å²) in [5.41, 5.74) is 1.48. The molecule has 0 bridgehead atoms. The lowest BCUT2D eigenvalue weighted by Gasteiger charge is -2.38. The summed E-state index contributed by atoms with van der Waals surface area (Å²) >= 11 is 0. The molecule has 0 aromatic heterocycles.